The third-order valence-corrected chi connectivity index (χ3v) is 4.63. The summed E-state index contributed by atoms with van der Waals surface area (Å²) in [6, 6.07) is 13.9. The van der Waals surface area contributed by atoms with E-state index in [9.17, 15) is 9.18 Å². The maximum absolute atomic E-state index is 14.0. The van der Waals surface area contributed by atoms with Crippen molar-refractivity contribution in [2.75, 3.05) is 11.1 Å². The monoisotopic (exact) mass is 403 g/mol. The molecule has 2 heterocycles. The Morgan fingerprint density at radius 1 is 1.13 bits per heavy atom. The number of rotatable bonds is 4. The molecule has 4 aromatic rings. The summed E-state index contributed by atoms with van der Waals surface area (Å²) in [5, 5.41) is 14.6. The number of pyridine rings is 1. The van der Waals surface area contributed by atoms with E-state index in [1.54, 1.807) is 37.4 Å². The average molecular weight is 403 g/mol. The van der Waals surface area contributed by atoms with Crippen molar-refractivity contribution in [1.29, 1.82) is 0 Å². The predicted molar refractivity (Wildman–Crippen MR) is 111 cm³/mol. The first-order valence-corrected chi connectivity index (χ1v) is 9.12. The van der Waals surface area contributed by atoms with Crippen LogP contribution in [-0.4, -0.2) is 31.1 Å². The maximum Gasteiger partial charge on any atom is 0.221 e. The highest BCUT2D eigenvalue weighted by molar-refractivity contribution is 5.89. The van der Waals surface area contributed by atoms with Crippen LogP contribution in [0.5, 0.6) is 0 Å². The van der Waals surface area contributed by atoms with Crippen molar-refractivity contribution in [3.05, 3.63) is 66.1 Å². The molecular formula is C21H18FN7O. The second kappa shape index (κ2) is 7.70. The SMILES string of the molecule is CC(=O)Nc1ccc(-c2cnc(N)c(-c3nnnn3-c3cccc(F)c3C)c2)cc1. The van der Waals surface area contributed by atoms with Gasteiger partial charge in [0.1, 0.15) is 11.6 Å². The van der Waals surface area contributed by atoms with Crippen LogP contribution in [0.25, 0.3) is 28.2 Å². The number of nitrogens with zero attached hydrogens (tertiary/aromatic N) is 5. The van der Waals surface area contributed by atoms with Crippen LogP contribution in [0.1, 0.15) is 12.5 Å². The highest BCUT2D eigenvalue weighted by atomic mass is 19.1. The summed E-state index contributed by atoms with van der Waals surface area (Å²) < 4.78 is 15.5. The number of nitrogens with two attached hydrogens (primary N) is 1. The quantitative estimate of drug-likeness (QED) is 0.540. The summed E-state index contributed by atoms with van der Waals surface area (Å²) >= 11 is 0. The summed E-state index contributed by atoms with van der Waals surface area (Å²) in [5.74, 6) is 0.107. The number of aromatic nitrogens is 5. The largest absolute Gasteiger partial charge is 0.383 e. The predicted octanol–water partition coefficient (Wildman–Crippen LogP) is 3.38. The van der Waals surface area contributed by atoms with Gasteiger partial charge in [-0.15, -0.1) is 5.10 Å². The third-order valence-electron chi connectivity index (χ3n) is 4.63. The van der Waals surface area contributed by atoms with Crippen molar-refractivity contribution in [3.8, 4) is 28.2 Å². The topological polar surface area (TPSA) is 112 Å². The van der Waals surface area contributed by atoms with Gasteiger partial charge in [-0.1, -0.05) is 18.2 Å². The van der Waals surface area contributed by atoms with Gasteiger partial charge >= 0.3 is 0 Å². The van der Waals surface area contributed by atoms with Gasteiger partial charge in [0, 0.05) is 29.9 Å². The van der Waals surface area contributed by atoms with Gasteiger partial charge in [0.2, 0.25) is 5.91 Å². The van der Waals surface area contributed by atoms with E-state index in [-0.39, 0.29) is 17.5 Å². The number of nitrogen functional groups attached to an aromatic ring is 1. The number of anilines is 2. The fourth-order valence-electron chi connectivity index (χ4n) is 3.10. The number of hydrogen-bond donors (Lipinski definition) is 2. The van der Waals surface area contributed by atoms with Crippen LogP contribution in [0.3, 0.4) is 0 Å². The first kappa shape index (κ1) is 19.2. The Hall–Kier alpha value is -4.14. The minimum atomic E-state index is -0.354. The Kier molecular flexibility index (Phi) is 4.93. The van der Waals surface area contributed by atoms with E-state index >= 15 is 0 Å². The normalized spacial score (nSPS) is 10.8. The molecule has 0 unspecified atom stereocenters. The zero-order chi connectivity index (χ0) is 21.3. The molecule has 0 saturated carbocycles. The third kappa shape index (κ3) is 3.60. The van der Waals surface area contributed by atoms with Crippen LogP contribution < -0.4 is 11.1 Å². The van der Waals surface area contributed by atoms with Crippen LogP contribution in [-0.2, 0) is 4.79 Å². The van der Waals surface area contributed by atoms with Gasteiger partial charge in [0.15, 0.2) is 5.82 Å². The summed E-state index contributed by atoms with van der Waals surface area (Å²) in [7, 11) is 0. The highest BCUT2D eigenvalue weighted by Gasteiger charge is 2.18. The minimum absolute atomic E-state index is 0.140. The number of nitrogens with one attached hydrogen (secondary N) is 1. The number of carbonyl (C=O) groups excluding carboxylic acids is 1. The van der Waals surface area contributed by atoms with Gasteiger partial charge in [-0.3, -0.25) is 4.79 Å². The molecule has 0 radical (unpaired) electrons. The summed E-state index contributed by atoms with van der Waals surface area (Å²) in [6.45, 7) is 3.11. The standard InChI is InChI=1S/C21H18FN7O/c1-12-18(22)4-3-5-19(12)29-21(26-27-28-29)17-10-15(11-24-20(17)23)14-6-8-16(9-7-14)25-13(2)30/h3-11H,1-2H3,(H2,23,24)(H,25,30). The van der Waals surface area contributed by atoms with E-state index in [4.69, 9.17) is 5.73 Å². The second-order valence-corrected chi connectivity index (χ2v) is 6.71. The molecule has 0 aliphatic rings. The number of carbonyl (C=O) groups is 1. The molecule has 0 aliphatic heterocycles. The van der Waals surface area contributed by atoms with Crippen molar-refractivity contribution >= 4 is 17.4 Å². The van der Waals surface area contributed by atoms with Gasteiger partial charge in [0.25, 0.3) is 0 Å². The van der Waals surface area contributed by atoms with E-state index in [1.165, 1.54) is 17.7 Å². The van der Waals surface area contributed by atoms with Crippen LogP contribution in [0.15, 0.2) is 54.7 Å². The van der Waals surface area contributed by atoms with Crippen LogP contribution >= 0.6 is 0 Å². The lowest BCUT2D eigenvalue weighted by Gasteiger charge is -2.11. The maximum atomic E-state index is 14.0. The Balaban J connectivity index is 1.76. The average Bonchev–Trinajstić information content (AvgIpc) is 3.20. The zero-order valence-corrected chi connectivity index (χ0v) is 16.3. The molecule has 150 valence electrons. The van der Waals surface area contributed by atoms with E-state index < -0.39 is 0 Å². The van der Waals surface area contributed by atoms with E-state index in [0.29, 0.717) is 28.3 Å². The zero-order valence-electron chi connectivity index (χ0n) is 16.3. The Morgan fingerprint density at radius 2 is 1.90 bits per heavy atom. The van der Waals surface area contributed by atoms with Crippen molar-refractivity contribution in [2.24, 2.45) is 0 Å². The molecule has 1 amide bonds. The first-order chi connectivity index (χ1) is 14.4. The summed E-state index contributed by atoms with van der Waals surface area (Å²) in [5.41, 5.74) is 9.92. The van der Waals surface area contributed by atoms with Gasteiger partial charge in [0.05, 0.1) is 11.3 Å². The smallest absolute Gasteiger partial charge is 0.221 e. The van der Waals surface area contributed by atoms with Crippen LogP contribution in [0.4, 0.5) is 15.9 Å². The highest BCUT2D eigenvalue weighted by Crippen LogP contribution is 2.30. The van der Waals surface area contributed by atoms with Crippen LogP contribution in [0.2, 0.25) is 0 Å². The van der Waals surface area contributed by atoms with Crippen molar-refractivity contribution in [1.82, 2.24) is 25.2 Å². The molecular weight excluding hydrogens is 385 g/mol. The molecule has 2 aromatic heterocycles. The van der Waals surface area contributed by atoms with E-state index in [2.05, 4.69) is 25.8 Å². The van der Waals surface area contributed by atoms with Gasteiger partial charge in [-0.05, 0) is 53.2 Å². The van der Waals surface area contributed by atoms with Gasteiger partial charge in [-0.25, -0.2) is 9.37 Å². The van der Waals surface area contributed by atoms with Crippen molar-refractivity contribution < 1.29 is 9.18 Å². The molecule has 2 aromatic carbocycles. The Morgan fingerprint density at radius 3 is 2.63 bits per heavy atom. The molecule has 0 bridgehead atoms. The lowest BCUT2D eigenvalue weighted by Crippen LogP contribution is -2.06. The first-order valence-electron chi connectivity index (χ1n) is 9.12. The Labute approximate surface area is 171 Å². The summed E-state index contributed by atoms with van der Waals surface area (Å²) in [4.78, 5) is 15.5. The Bertz CT molecular complexity index is 1230. The molecule has 0 fully saturated rings. The van der Waals surface area contributed by atoms with Crippen molar-refractivity contribution in [3.63, 3.8) is 0 Å². The number of halogens is 1. The number of amides is 1. The second-order valence-electron chi connectivity index (χ2n) is 6.71. The fraction of sp³-hybridized carbons (Fsp3) is 0.0952. The number of hydrogen-bond acceptors (Lipinski definition) is 6. The lowest BCUT2D eigenvalue weighted by atomic mass is 10.0. The molecule has 9 heteroatoms. The number of benzene rings is 2. The van der Waals surface area contributed by atoms with E-state index in [0.717, 1.165) is 11.1 Å². The molecule has 0 aliphatic carbocycles. The van der Waals surface area contributed by atoms with Crippen molar-refractivity contribution in [2.45, 2.75) is 13.8 Å². The fourth-order valence-corrected chi connectivity index (χ4v) is 3.10. The van der Waals surface area contributed by atoms with Gasteiger partial charge in [-0.2, -0.15) is 4.68 Å². The molecule has 0 saturated heterocycles. The van der Waals surface area contributed by atoms with Crippen LogP contribution in [0, 0.1) is 12.7 Å². The number of tetrazole rings is 1. The minimum Gasteiger partial charge on any atom is -0.383 e. The molecule has 4 rings (SSSR count). The molecule has 8 nitrogen and oxygen atoms in total. The molecule has 30 heavy (non-hydrogen) atoms. The lowest BCUT2D eigenvalue weighted by molar-refractivity contribution is -0.114. The van der Waals surface area contributed by atoms with Gasteiger partial charge < -0.3 is 11.1 Å². The summed E-state index contributed by atoms with van der Waals surface area (Å²) in [6.07, 6.45) is 1.65. The molecule has 3 N–H and O–H groups in total. The molecule has 0 spiro atoms. The van der Waals surface area contributed by atoms with E-state index in [1.807, 2.05) is 18.2 Å². The molecule has 0 atom stereocenters.